The van der Waals surface area contributed by atoms with Gasteiger partial charge < -0.3 is 0 Å². The fourth-order valence-corrected chi connectivity index (χ4v) is 2.56. The normalized spacial score (nSPS) is 13.3. The van der Waals surface area contributed by atoms with Gasteiger partial charge in [-0.1, -0.05) is 53.7 Å². The van der Waals surface area contributed by atoms with Crippen LogP contribution in [0.15, 0.2) is 18.2 Å². The zero-order chi connectivity index (χ0) is 13.7. The third-order valence-corrected chi connectivity index (χ3v) is 3.41. The van der Waals surface area contributed by atoms with Gasteiger partial charge in [0.25, 0.3) is 0 Å². The predicted molar refractivity (Wildman–Crippen MR) is 78.1 cm³/mol. The second-order valence-corrected chi connectivity index (χ2v) is 7.20. The topological polar surface area (TPSA) is 17.8 Å². The van der Waals surface area contributed by atoms with Gasteiger partial charge in [-0.05, 0) is 17.0 Å². The molecule has 2 heteroatoms. The third-order valence-electron chi connectivity index (χ3n) is 3.41. The summed E-state index contributed by atoms with van der Waals surface area (Å²) in [6, 6.07) is 6.69. The van der Waals surface area contributed by atoms with Crippen molar-refractivity contribution in [3.8, 4) is 0 Å². The molecule has 2 aromatic rings. The summed E-state index contributed by atoms with van der Waals surface area (Å²) >= 11 is 0. The summed E-state index contributed by atoms with van der Waals surface area (Å²) in [5, 5.41) is 5.95. The SMILES string of the molecule is Cn1nc2cc(C(C)(C)C)ccc2c1C(C)(C)C. The number of aromatic nitrogens is 2. The minimum Gasteiger partial charge on any atom is -0.271 e. The highest BCUT2D eigenvalue weighted by atomic mass is 15.3. The maximum absolute atomic E-state index is 4.67. The first kappa shape index (κ1) is 13.1. The van der Waals surface area contributed by atoms with Crippen LogP contribution < -0.4 is 0 Å². The van der Waals surface area contributed by atoms with Crippen LogP contribution in [0.3, 0.4) is 0 Å². The molecule has 0 saturated carbocycles. The highest BCUT2D eigenvalue weighted by Crippen LogP contribution is 2.32. The standard InChI is InChI=1S/C16H24N2/c1-15(2,3)11-8-9-12-13(10-11)17-18(7)14(12)16(4,5)6/h8-10H,1-7H3. The van der Waals surface area contributed by atoms with Crippen LogP contribution >= 0.6 is 0 Å². The van der Waals surface area contributed by atoms with Gasteiger partial charge in [0.15, 0.2) is 0 Å². The molecule has 98 valence electrons. The summed E-state index contributed by atoms with van der Waals surface area (Å²) in [5.41, 5.74) is 4.04. The van der Waals surface area contributed by atoms with Crippen molar-refractivity contribution in [2.24, 2.45) is 7.05 Å². The number of aryl methyl sites for hydroxylation is 1. The lowest BCUT2D eigenvalue weighted by molar-refractivity contribution is 0.528. The lowest BCUT2D eigenvalue weighted by atomic mass is 9.85. The highest BCUT2D eigenvalue weighted by Gasteiger charge is 2.23. The Bertz CT molecular complexity index is 577. The molecule has 0 radical (unpaired) electrons. The monoisotopic (exact) mass is 244 g/mol. The largest absolute Gasteiger partial charge is 0.271 e. The fourth-order valence-electron chi connectivity index (χ4n) is 2.56. The number of fused-ring (bicyclic) bond motifs is 1. The summed E-state index contributed by atoms with van der Waals surface area (Å²) < 4.78 is 2.02. The highest BCUT2D eigenvalue weighted by molar-refractivity contribution is 5.83. The van der Waals surface area contributed by atoms with Gasteiger partial charge in [0.2, 0.25) is 0 Å². The fraction of sp³-hybridized carbons (Fsp3) is 0.562. The number of hydrogen-bond acceptors (Lipinski definition) is 1. The minimum atomic E-state index is 0.118. The van der Waals surface area contributed by atoms with Crippen LogP contribution in [0.1, 0.15) is 52.8 Å². The molecule has 1 heterocycles. The molecule has 0 atom stereocenters. The van der Waals surface area contributed by atoms with Crippen molar-refractivity contribution in [1.29, 1.82) is 0 Å². The average molecular weight is 244 g/mol. The van der Waals surface area contributed by atoms with Crippen LogP contribution in [0.2, 0.25) is 0 Å². The van der Waals surface area contributed by atoms with Gasteiger partial charge in [-0.15, -0.1) is 0 Å². The number of hydrogen-bond donors (Lipinski definition) is 0. The van der Waals surface area contributed by atoms with Crippen LogP contribution in [0.5, 0.6) is 0 Å². The molecular formula is C16H24N2. The van der Waals surface area contributed by atoms with E-state index in [1.54, 1.807) is 0 Å². The first-order valence-electron chi connectivity index (χ1n) is 6.58. The molecule has 0 unspecified atom stereocenters. The molecule has 0 aliphatic carbocycles. The Labute approximate surface area is 110 Å². The molecule has 0 fully saturated rings. The molecule has 18 heavy (non-hydrogen) atoms. The predicted octanol–water partition coefficient (Wildman–Crippen LogP) is 4.17. The maximum Gasteiger partial charge on any atom is 0.0929 e. The van der Waals surface area contributed by atoms with Crippen molar-refractivity contribution in [3.05, 3.63) is 29.5 Å². The van der Waals surface area contributed by atoms with Crippen LogP contribution in [0.4, 0.5) is 0 Å². The Morgan fingerprint density at radius 3 is 2.06 bits per heavy atom. The van der Waals surface area contributed by atoms with Crippen molar-refractivity contribution < 1.29 is 0 Å². The van der Waals surface area contributed by atoms with Crippen molar-refractivity contribution in [3.63, 3.8) is 0 Å². The molecule has 2 rings (SSSR count). The summed E-state index contributed by atoms with van der Waals surface area (Å²) in [6.45, 7) is 13.4. The first-order chi connectivity index (χ1) is 8.10. The molecule has 0 saturated heterocycles. The third kappa shape index (κ3) is 2.16. The second-order valence-electron chi connectivity index (χ2n) is 7.20. The molecule has 0 spiro atoms. The summed E-state index contributed by atoms with van der Waals surface area (Å²) in [5.74, 6) is 0. The van der Waals surface area contributed by atoms with E-state index >= 15 is 0 Å². The smallest absolute Gasteiger partial charge is 0.0929 e. The van der Waals surface area contributed by atoms with Crippen LogP contribution in [-0.2, 0) is 17.9 Å². The lowest BCUT2D eigenvalue weighted by Crippen LogP contribution is -2.16. The van der Waals surface area contributed by atoms with Crippen molar-refractivity contribution in [2.75, 3.05) is 0 Å². The quantitative estimate of drug-likeness (QED) is 0.680. The van der Waals surface area contributed by atoms with Gasteiger partial charge in [-0.2, -0.15) is 5.10 Å². The minimum absolute atomic E-state index is 0.118. The van der Waals surface area contributed by atoms with Crippen molar-refractivity contribution >= 4 is 10.9 Å². The van der Waals surface area contributed by atoms with Crippen LogP contribution in [-0.4, -0.2) is 9.78 Å². The van der Waals surface area contributed by atoms with E-state index in [1.165, 1.54) is 16.6 Å². The summed E-state index contributed by atoms with van der Waals surface area (Å²) in [6.07, 6.45) is 0. The van der Waals surface area contributed by atoms with E-state index in [4.69, 9.17) is 0 Å². The van der Waals surface area contributed by atoms with Gasteiger partial charge in [-0.25, -0.2) is 0 Å². The molecular weight excluding hydrogens is 220 g/mol. The van der Waals surface area contributed by atoms with Gasteiger partial charge in [-0.3, -0.25) is 4.68 Å². The summed E-state index contributed by atoms with van der Waals surface area (Å²) in [4.78, 5) is 0. The van der Waals surface area contributed by atoms with Gasteiger partial charge in [0.05, 0.1) is 11.2 Å². The molecule has 0 bridgehead atoms. The molecule has 1 aromatic heterocycles. The van der Waals surface area contributed by atoms with Gasteiger partial charge in [0, 0.05) is 17.8 Å². The average Bonchev–Trinajstić information content (AvgIpc) is 2.49. The Morgan fingerprint density at radius 1 is 0.944 bits per heavy atom. The van der Waals surface area contributed by atoms with Crippen LogP contribution in [0, 0.1) is 0 Å². The van der Waals surface area contributed by atoms with E-state index in [9.17, 15) is 0 Å². The number of nitrogens with zero attached hydrogens (tertiary/aromatic N) is 2. The molecule has 0 amide bonds. The van der Waals surface area contributed by atoms with E-state index in [-0.39, 0.29) is 10.8 Å². The Hall–Kier alpha value is -1.31. The molecule has 2 nitrogen and oxygen atoms in total. The van der Waals surface area contributed by atoms with E-state index in [0.29, 0.717) is 0 Å². The lowest BCUT2D eigenvalue weighted by Gasteiger charge is -2.20. The van der Waals surface area contributed by atoms with E-state index < -0.39 is 0 Å². The maximum atomic E-state index is 4.67. The number of benzene rings is 1. The van der Waals surface area contributed by atoms with Gasteiger partial charge >= 0.3 is 0 Å². The zero-order valence-electron chi connectivity index (χ0n) is 12.6. The van der Waals surface area contributed by atoms with Crippen molar-refractivity contribution in [2.45, 2.75) is 52.4 Å². The zero-order valence-corrected chi connectivity index (χ0v) is 12.6. The summed E-state index contributed by atoms with van der Waals surface area (Å²) in [7, 11) is 2.04. The Balaban J connectivity index is 2.70. The second kappa shape index (κ2) is 3.84. The van der Waals surface area contributed by atoms with Crippen LogP contribution in [0.25, 0.3) is 10.9 Å². The van der Waals surface area contributed by atoms with Gasteiger partial charge in [0.1, 0.15) is 0 Å². The first-order valence-corrected chi connectivity index (χ1v) is 6.58. The molecule has 0 N–H and O–H groups in total. The van der Waals surface area contributed by atoms with E-state index in [1.807, 2.05) is 11.7 Å². The molecule has 0 aliphatic heterocycles. The number of rotatable bonds is 0. The molecule has 1 aromatic carbocycles. The Kier molecular flexibility index (Phi) is 2.80. The van der Waals surface area contributed by atoms with E-state index in [2.05, 4.69) is 64.8 Å². The molecule has 0 aliphatic rings. The Morgan fingerprint density at radius 2 is 1.56 bits per heavy atom. The van der Waals surface area contributed by atoms with Crippen molar-refractivity contribution in [1.82, 2.24) is 9.78 Å². The van der Waals surface area contributed by atoms with E-state index in [0.717, 1.165) is 5.52 Å².